The van der Waals surface area contributed by atoms with Gasteiger partial charge in [-0.05, 0) is 71.6 Å². The summed E-state index contributed by atoms with van der Waals surface area (Å²) in [7, 11) is -5.90. The predicted octanol–water partition coefficient (Wildman–Crippen LogP) is 7.64. The normalized spacial score (nSPS) is 10.1. The minimum atomic E-state index is -2.95. The summed E-state index contributed by atoms with van der Waals surface area (Å²) in [6.07, 6.45) is 8.00. The first-order chi connectivity index (χ1) is 36.9. The first-order valence-electron chi connectivity index (χ1n) is 22.3. The largest absolute Gasteiger partial charge is 0.359 e. The molecule has 28 heteroatoms. The van der Waals surface area contributed by atoms with Gasteiger partial charge in [-0.15, -0.1) is 70.8 Å². The average molecular weight is 1230 g/mol. The van der Waals surface area contributed by atoms with Gasteiger partial charge in [0, 0.05) is 14.2 Å². The minimum absolute atomic E-state index is 0. The molecule has 6 aromatic heterocycles. The van der Waals surface area contributed by atoms with Crippen LogP contribution in [0.1, 0.15) is 7.98 Å². The molecule has 0 fully saturated rings. The van der Waals surface area contributed by atoms with Gasteiger partial charge in [0.1, 0.15) is 10.7 Å². The number of thiazole rings is 3. The van der Waals surface area contributed by atoms with Gasteiger partial charge in [-0.2, -0.15) is 21.6 Å². The molecule has 75 heavy (non-hydrogen) atoms. The Labute approximate surface area is 488 Å². The van der Waals surface area contributed by atoms with Gasteiger partial charge in [0.25, 0.3) is 12.1 Å². The van der Waals surface area contributed by atoms with Crippen LogP contribution in [0.15, 0.2) is 150 Å². The molecule has 0 spiro atoms. The van der Waals surface area contributed by atoms with Crippen LogP contribution in [0.2, 0.25) is 0 Å². The van der Waals surface area contributed by atoms with E-state index in [0.717, 1.165) is 51.7 Å². The molecule has 0 aliphatic heterocycles. The predicted molar refractivity (Wildman–Crippen MR) is 307 cm³/mol. The van der Waals surface area contributed by atoms with Crippen LogP contribution in [0.4, 0.5) is 11.6 Å². The van der Waals surface area contributed by atoms with Crippen molar-refractivity contribution in [3.05, 3.63) is 178 Å². The van der Waals surface area contributed by atoms with E-state index in [-0.39, 0.29) is 46.5 Å². The number of fused-ring (bicyclic) bond motifs is 6. The van der Waals surface area contributed by atoms with Crippen LogP contribution in [0.25, 0.3) is 90.0 Å². The number of benzene rings is 6. The monoisotopic (exact) mass is 1230 g/mol. The number of halogens is 1. The third-order valence-corrected chi connectivity index (χ3v) is 13.5. The van der Waals surface area contributed by atoms with E-state index in [9.17, 15) is 15.6 Å². The zero-order valence-corrected chi connectivity index (χ0v) is 49.5. The third-order valence-electron chi connectivity index (χ3n) is 9.53. The number of para-hydroxylation sites is 8. The molecule has 12 aromatic rings. The van der Waals surface area contributed by atoms with E-state index in [0.29, 0.717) is 48.5 Å². The van der Waals surface area contributed by atoms with Crippen molar-refractivity contribution < 1.29 is 38.8 Å². The van der Waals surface area contributed by atoms with Gasteiger partial charge in [0.05, 0.1) is 41.7 Å². The molecule has 6 aromatic carbocycles. The van der Waals surface area contributed by atoms with Gasteiger partial charge >= 0.3 is 73.7 Å². The Morgan fingerprint density at radius 3 is 1.49 bits per heavy atom. The van der Waals surface area contributed by atoms with E-state index in [1.54, 1.807) is 71.2 Å². The SMILES string of the molecule is C#C.I.Nc1c(-c2nc3ccccc3s2)[n+]([O-])c2ccccc2[n+]1[O-].Nc1nc2ccccc2nc1-c1nc2ccccc2s1.O=S(=O)=S(=O)=O.[2H][2H].[C-]#[N+]Cc1nc2ccccc2s1.[Na][Na].[O-][n+]1onc2ccccc21. The zero-order valence-electron chi connectivity index (χ0n) is 41.1. The summed E-state index contributed by atoms with van der Waals surface area (Å²) in [5.41, 5.74) is 18.6. The van der Waals surface area contributed by atoms with Crippen LogP contribution in [0.5, 0.6) is 0 Å². The number of rotatable bonds is 3. The summed E-state index contributed by atoms with van der Waals surface area (Å²) in [6.45, 7) is 7.11. The molecule has 0 radical (unpaired) electrons. The average Bonchev–Trinajstić information content (AvgIpc) is 4.28. The second-order valence-corrected chi connectivity index (χ2v) is 19.6. The first-order valence-corrected chi connectivity index (χ1v) is 34.4. The summed E-state index contributed by atoms with van der Waals surface area (Å²) in [4.78, 5) is 26.0. The Kier molecular flexibility index (Phi) is 22.3. The molecule has 0 saturated heterocycles. The summed E-state index contributed by atoms with van der Waals surface area (Å²) in [5, 5.41) is 41.2. The standard InChI is InChI=1S/C15H10N4O2S.C15H10N4S.C9H6N2S.C6H4N2O2.C2H2.HI.2Na.O4S2.H2/c16-14-13(15-17-9-5-1-4-8-12(9)22-15)18(20)10-6-2-3-7-11(10)19(14)21;16-14-13(17-9-5-1-2-6-10(9)18-14)15-19-11-7-3-4-8-12(11)20-15;1-10-6-9-11-7-4-2-3-5-8(7)12-9;9-8-6-4-2-1-3-5(6)7-10-8;1-2;;;;1-5(2)6(3)4;/h1-8H,16H2;1-8H,(H2,16,18);2-5H,6H2;1-4H;1-2H;1H;;;;1H/i;;;;;;;;;1+1D. The molecule has 0 bridgehead atoms. The molecular formula is C47H35IN12Na2O8S5. The molecule has 0 aliphatic rings. The molecule has 370 valence electrons. The molecule has 6 heterocycles. The van der Waals surface area contributed by atoms with Crippen LogP contribution >= 0.6 is 58.0 Å². The van der Waals surface area contributed by atoms with E-state index >= 15 is 0 Å². The molecule has 0 amide bonds. The van der Waals surface area contributed by atoms with Crippen LogP contribution in [-0.2, 0) is 25.1 Å². The molecule has 4 N–H and O–H groups in total. The third kappa shape index (κ3) is 14.9. The summed E-state index contributed by atoms with van der Waals surface area (Å²) in [6, 6.07) is 44.6. The fraction of sp³-hybridized carbons (Fsp3) is 0.0213. The summed E-state index contributed by atoms with van der Waals surface area (Å²) < 4.78 is 55.1. The number of nitrogen functional groups attached to an aromatic ring is 2. The molecular weight excluding hydrogens is 1190 g/mol. The van der Waals surface area contributed by atoms with Crippen LogP contribution in [0.3, 0.4) is 0 Å². The topological polar surface area (TPSA) is 296 Å². The van der Waals surface area contributed by atoms with Crippen LogP contribution in [0, 0.1) is 35.0 Å². The van der Waals surface area contributed by atoms with E-state index in [1.807, 2.05) is 97.1 Å². The smallest absolute Gasteiger partial charge is 0.248 e. The maximum absolute atomic E-state index is 12.6. The van der Waals surface area contributed by atoms with Crippen molar-refractivity contribution in [2.75, 3.05) is 11.5 Å². The zero-order chi connectivity index (χ0) is 55.3. The maximum Gasteiger partial charge on any atom is 0.248 e. The van der Waals surface area contributed by atoms with E-state index in [2.05, 4.69) is 52.4 Å². The van der Waals surface area contributed by atoms with Gasteiger partial charge in [0.2, 0.25) is 16.6 Å². The Morgan fingerprint density at radius 2 is 1.00 bits per heavy atom. The molecule has 20 nitrogen and oxygen atoms in total. The number of terminal acetylenes is 1. The fourth-order valence-corrected chi connectivity index (χ4v) is 9.31. The molecule has 0 saturated carbocycles. The van der Waals surface area contributed by atoms with Crippen LogP contribution < -0.4 is 25.8 Å². The van der Waals surface area contributed by atoms with E-state index in [4.69, 9.17) is 37.8 Å². The van der Waals surface area contributed by atoms with Crippen LogP contribution in [-0.4, -0.2) is 90.5 Å². The Hall–Kier alpha value is -6.51. The van der Waals surface area contributed by atoms with E-state index in [1.165, 1.54) is 55.0 Å². The van der Waals surface area contributed by atoms with Crippen molar-refractivity contribution in [1.29, 1.82) is 0 Å². The van der Waals surface area contributed by atoms with Gasteiger partial charge < -0.3 is 26.2 Å². The number of aromatic nitrogens is 9. The Bertz CT molecular complexity index is 4140. The van der Waals surface area contributed by atoms with Crippen molar-refractivity contribution in [2.24, 2.45) is 0 Å². The minimum Gasteiger partial charge on any atom is -0.359 e. The molecule has 0 aliphatic carbocycles. The molecule has 12 rings (SSSR count). The number of hydrogen-bond acceptors (Lipinski definition) is 19. The quantitative estimate of drug-likeness (QED) is 0.0429. The van der Waals surface area contributed by atoms with Gasteiger partial charge in [0.15, 0.2) is 15.8 Å². The van der Waals surface area contributed by atoms with Gasteiger partial charge in [-0.25, -0.2) is 36.2 Å². The van der Waals surface area contributed by atoms with Crippen molar-refractivity contribution in [3.8, 4) is 34.2 Å². The molecule has 0 atom stereocenters. The number of hydrogen-bond donors (Lipinski definition) is 2. The van der Waals surface area contributed by atoms with Crippen molar-refractivity contribution in [1.82, 2.24) is 30.1 Å². The van der Waals surface area contributed by atoms with Crippen molar-refractivity contribution >= 4 is 196 Å². The van der Waals surface area contributed by atoms with Crippen molar-refractivity contribution in [2.45, 2.75) is 6.54 Å². The second kappa shape index (κ2) is 29.0. The number of anilines is 2. The summed E-state index contributed by atoms with van der Waals surface area (Å²) >= 11 is 7.40. The first kappa shape index (κ1) is 57.8. The number of nitrogens with zero attached hydrogens (tertiary/aromatic N) is 10. The Balaban J connectivity index is 0.000000213. The van der Waals surface area contributed by atoms with E-state index < -0.39 is 18.5 Å². The second-order valence-electron chi connectivity index (χ2n) is 13.9. The maximum atomic E-state index is 12.6. The Morgan fingerprint density at radius 1 is 0.587 bits per heavy atom. The molecule has 0 unspecified atom stereocenters. The number of nitrogens with two attached hydrogens (primary N) is 2. The van der Waals surface area contributed by atoms with Gasteiger partial charge in [-0.1, -0.05) is 72.8 Å². The van der Waals surface area contributed by atoms with Gasteiger partial charge in [-0.3, -0.25) is 10.4 Å². The van der Waals surface area contributed by atoms with Crippen molar-refractivity contribution in [3.63, 3.8) is 0 Å². The fourth-order valence-electron chi connectivity index (χ4n) is 6.45. The summed E-state index contributed by atoms with van der Waals surface area (Å²) in [5.74, 6) is 0.274.